The third kappa shape index (κ3) is 2.03. The van der Waals surface area contributed by atoms with Gasteiger partial charge in [-0.25, -0.2) is 0 Å². The Bertz CT molecular complexity index is 252. The highest BCUT2D eigenvalue weighted by Crippen LogP contribution is 2.35. The molecule has 1 amide bonds. The molecule has 0 aromatic rings. The van der Waals surface area contributed by atoms with Crippen LogP contribution >= 0.6 is 0 Å². The number of likely N-dealkylation sites (tertiary alicyclic amines) is 1. The molecule has 0 aromatic carbocycles. The average molecular weight is 210 g/mol. The van der Waals surface area contributed by atoms with Crippen LogP contribution in [0.5, 0.6) is 0 Å². The van der Waals surface area contributed by atoms with Crippen LogP contribution in [0.1, 0.15) is 33.1 Å². The minimum absolute atomic E-state index is 0.126. The third-order valence-electron chi connectivity index (χ3n) is 3.96. The summed E-state index contributed by atoms with van der Waals surface area (Å²) in [5.41, 5.74) is 6.12. The predicted octanol–water partition coefficient (Wildman–Crippen LogP) is 1.23. The SMILES string of the molecule is CC(C)C(=O)N1CC2CCCC(N)C2C1. The molecule has 0 aromatic heterocycles. The average Bonchev–Trinajstić information content (AvgIpc) is 2.61. The number of nitrogens with zero attached hydrogens (tertiary/aromatic N) is 1. The molecule has 2 aliphatic rings. The first-order valence-electron chi connectivity index (χ1n) is 6.14. The number of carbonyl (C=O) groups excluding carboxylic acids is 1. The van der Waals surface area contributed by atoms with Gasteiger partial charge in [0, 0.05) is 25.0 Å². The topological polar surface area (TPSA) is 46.3 Å². The highest BCUT2D eigenvalue weighted by Gasteiger charge is 2.40. The Hall–Kier alpha value is -0.570. The zero-order valence-electron chi connectivity index (χ0n) is 9.78. The van der Waals surface area contributed by atoms with E-state index in [0.29, 0.717) is 23.8 Å². The van der Waals surface area contributed by atoms with Gasteiger partial charge in [0.25, 0.3) is 0 Å². The van der Waals surface area contributed by atoms with Crippen molar-refractivity contribution in [2.75, 3.05) is 13.1 Å². The summed E-state index contributed by atoms with van der Waals surface area (Å²) < 4.78 is 0. The Morgan fingerprint density at radius 3 is 2.67 bits per heavy atom. The molecule has 1 heterocycles. The van der Waals surface area contributed by atoms with E-state index in [1.807, 2.05) is 18.7 Å². The Morgan fingerprint density at radius 2 is 2.07 bits per heavy atom. The van der Waals surface area contributed by atoms with E-state index in [4.69, 9.17) is 5.73 Å². The van der Waals surface area contributed by atoms with Gasteiger partial charge in [-0.3, -0.25) is 4.79 Å². The normalized spacial score (nSPS) is 35.7. The number of fused-ring (bicyclic) bond motifs is 1. The molecular weight excluding hydrogens is 188 g/mol. The van der Waals surface area contributed by atoms with Crippen molar-refractivity contribution in [2.24, 2.45) is 23.5 Å². The van der Waals surface area contributed by atoms with Crippen molar-refractivity contribution in [3.63, 3.8) is 0 Å². The van der Waals surface area contributed by atoms with Crippen molar-refractivity contribution in [1.82, 2.24) is 4.90 Å². The molecule has 0 radical (unpaired) electrons. The van der Waals surface area contributed by atoms with E-state index in [1.54, 1.807) is 0 Å². The first-order valence-corrected chi connectivity index (χ1v) is 6.14. The fourth-order valence-corrected chi connectivity index (χ4v) is 3.06. The molecule has 3 heteroatoms. The largest absolute Gasteiger partial charge is 0.342 e. The molecular formula is C12H22N2O. The Labute approximate surface area is 92.0 Å². The molecule has 2 rings (SSSR count). The number of rotatable bonds is 1. The molecule has 1 aliphatic heterocycles. The van der Waals surface area contributed by atoms with Crippen LogP contribution < -0.4 is 5.73 Å². The minimum Gasteiger partial charge on any atom is -0.342 e. The van der Waals surface area contributed by atoms with Gasteiger partial charge < -0.3 is 10.6 Å². The number of carbonyl (C=O) groups is 1. The van der Waals surface area contributed by atoms with E-state index < -0.39 is 0 Å². The smallest absolute Gasteiger partial charge is 0.225 e. The summed E-state index contributed by atoms with van der Waals surface area (Å²) in [6.07, 6.45) is 3.65. The van der Waals surface area contributed by atoms with E-state index in [0.717, 1.165) is 19.5 Å². The van der Waals surface area contributed by atoms with E-state index in [2.05, 4.69) is 0 Å². The quantitative estimate of drug-likeness (QED) is 0.707. The monoisotopic (exact) mass is 210 g/mol. The molecule has 3 unspecified atom stereocenters. The van der Waals surface area contributed by atoms with Gasteiger partial charge >= 0.3 is 0 Å². The van der Waals surface area contributed by atoms with E-state index in [9.17, 15) is 4.79 Å². The lowest BCUT2D eigenvalue weighted by Gasteiger charge is -2.29. The number of amides is 1. The highest BCUT2D eigenvalue weighted by atomic mass is 16.2. The van der Waals surface area contributed by atoms with Gasteiger partial charge in [-0.2, -0.15) is 0 Å². The lowest BCUT2D eigenvalue weighted by molar-refractivity contribution is -0.133. The molecule has 86 valence electrons. The van der Waals surface area contributed by atoms with Crippen LogP contribution in [0.4, 0.5) is 0 Å². The zero-order chi connectivity index (χ0) is 11.0. The molecule has 3 nitrogen and oxygen atoms in total. The summed E-state index contributed by atoms with van der Waals surface area (Å²) in [5, 5.41) is 0. The Kier molecular flexibility index (Phi) is 3.01. The van der Waals surface area contributed by atoms with Gasteiger partial charge in [-0.15, -0.1) is 0 Å². The van der Waals surface area contributed by atoms with Crippen LogP contribution in [0.2, 0.25) is 0 Å². The summed E-state index contributed by atoms with van der Waals surface area (Å²) in [6, 6.07) is 0.328. The van der Waals surface area contributed by atoms with Gasteiger partial charge in [0.15, 0.2) is 0 Å². The van der Waals surface area contributed by atoms with Gasteiger partial charge in [-0.05, 0) is 24.7 Å². The molecule has 2 fully saturated rings. The highest BCUT2D eigenvalue weighted by molar-refractivity contribution is 5.78. The molecule has 1 saturated carbocycles. The fraction of sp³-hybridized carbons (Fsp3) is 0.917. The fourth-order valence-electron chi connectivity index (χ4n) is 3.06. The Morgan fingerprint density at radius 1 is 1.33 bits per heavy atom. The number of nitrogens with two attached hydrogens (primary N) is 1. The second-order valence-corrected chi connectivity index (χ2v) is 5.42. The predicted molar refractivity (Wildman–Crippen MR) is 60.2 cm³/mol. The second-order valence-electron chi connectivity index (χ2n) is 5.42. The summed E-state index contributed by atoms with van der Waals surface area (Å²) in [7, 11) is 0. The maximum Gasteiger partial charge on any atom is 0.225 e. The summed E-state index contributed by atoms with van der Waals surface area (Å²) in [4.78, 5) is 13.9. The van der Waals surface area contributed by atoms with Gasteiger partial charge in [0.1, 0.15) is 0 Å². The molecule has 0 spiro atoms. The van der Waals surface area contributed by atoms with Crippen LogP contribution in [0.25, 0.3) is 0 Å². The first kappa shape index (κ1) is 10.9. The zero-order valence-corrected chi connectivity index (χ0v) is 9.78. The lowest BCUT2D eigenvalue weighted by atomic mass is 9.78. The van der Waals surface area contributed by atoms with Gasteiger partial charge in [0.05, 0.1) is 0 Å². The van der Waals surface area contributed by atoms with Crippen LogP contribution in [0, 0.1) is 17.8 Å². The lowest BCUT2D eigenvalue weighted by Crippen LogP contribution is -2.38. The van der Waals surface area contributed by atoms with E-state index in [1.165, 1.54) is 12.8 Å². The summed E-state index contributed by atoms with van der Waals surface area (Å²) in [5.74, 6) is 1.68. The van der Waals surface area contributed by atoms with Crippen molar-refractivity contribution in [2.45, 2.75) is 39.2 Å². The van der Waals surface area contributed by atoms with E-state index >= 15 is 0 Å². The molecule has 0 bridgehead atoms. The molecule has 15 heavy (non-hydrogen) atoms. The second kappa shape index (κ2) is 4.12. The van der Waals surface area contributed by atoms with Crippen molar-refractivity contribution in [3.05, 3.63) is 0 Å². The maximum absolute atomic E-state index is 11.9. The van der Waals surface area contributed by atoms with Crippen LogP contribution in [-0.4, -0.2) is 29.9 Å². The molecule has 2 N–H and O–H groups in total. The van der Waals surface area contributed by atoms with Crippen molar-refractivity contribution >= 4 is 5.91 Å². The summed E-state index contributed by atoms with van der Waals surface area (Å²) in [6.45, 7) is 5.81. The number of hydrogen-bond acceptors (Lipinski definition) is 2. The molecule has 3 atom stereocenters. The Balaban J connectivity index is 2.01. The molecule has 1 aliphatic carbocycles. The van der Waals surface area contributed by atoms with Crippen molar-refractivity contribution in [1.29, 1.82) is 0 Å². The minimum atomic E-state index is 0.126. The van der Waals surface area contributed by atoms with E-state index in [-0.39, 0.29) is 5.92 Å². The summed E-state index contributed by atoms with van der Waals surface area (Å²) >= 11 is 0. The van der Waals surface area contributed by atoms with Crippen LogP contribution in [-0.2, 0) is 4.79 Å². The van der Waals surface area contributed by atoms with Gasteiger partial charge in [-0.1, -0.05) is 20.3 Å². The van der Waals surface area contributed by atoms with Crippen LogP contribution in [0.15, 0.2) is 0 Å². The maximum atomic E-state index is 11.9. The van der Waals surface area contributed by atoms with Gasteiger partial charge in [0.2, 0.25) is 5.91 Å². The standard InChI is InChI=1S/C12H22N2O/c1-8(2)12(15)14-6-9-4-3-5-11(13)10(9)7-14/h8-11H,3-7,13H2,1-2H3. The first-order chi connectivity index (χ1) is 7.09. The number of hydrogen-bond donors (Lipinski definition) is 1. The third-order valence-corrected chi connectivity index (χ3v) is 3.96. The van der Waals surface area contributed by atoms with Crippen molar-refractivity contribution < 1.29 is 4.79 Å². The van der Waals surface area contributed by atoms with Crippen molar-refractivity contribution in [3.8, 4) is 0 Å². The molecule has 1 saturated heterocycles. The van der Waals surface area contributed by atoms with Crippen LogP contribution in [0.3, 0.4) is 0 Å².